The van der Waals surface area contributed by atoms with Crippen LogP contribution in [0.25, 0.3) is 0 Å². The zero-order chi connectivity index (χ0) is 16.5. The minimum Gasteiger partial charge on any atom is -0.487 e. The summed E-state index contributed by atoms with van der Waals surface area (Å²) < 4.78 is 6.03. The molecular formula is C19H21N3O2. The summed E-state index contributed by atoms with van der Waals surface area (Å²) in [5.74, 6) is 0.958. The van der Waals surface area contributed by atoms with Crippen molar-refractivity contribution in [2.75, 3.05) is 6.54 Å². The van der Waals surface area contributed by atoms with E-state index in [2.05, 4.69) is 18.0 Å². The highest BCUT2D eigenvalue weighted by molar-refractivity contribution is 5.85. The van der Waals surface area contributed by atoms with Gasteiger partial charge in [-0.3, -0.25) is 9.78 Å². The first-order chi connectivity index (χ1) is 11.5. The first-order valence-electron chi connectivity index (χ1n) is 8.89. The number of pyridine rings is 1. The molecule has 4 bridgehead atoms. The molecule has 0 N–H and O–H groups in total. The van der Waals surface area contributed by atoms with Crippen molar-refractivity contribution in [3.05, 3.63) is 23.5 Å². The Morgan fingerprint density at radius 2 is 2.17 bits per heavy atom. The number of aromatic nitrogens is 1. The van der Waals surface area contributed by atoms with Crippen LogP contribution in [0.5, 0.6) is 5.75 Å². The minimum atomic E-state index is -0.146. The van der Waals surface area contributed by atoms with E-state index >= 15 is 0 Å². The molecule has 5 heteroatoms. The van der Waals surface area contributed by atoms with Gasteiger partial charge in [0.05, 0.1) is 12.6 Å². The van der Waals surface area contributed by atoms with Gasteiger partial charge in [0.1, 0.15) is 23.5 Å². The molecule has 4 aliphatic rings. The molecule has 3 heterocycles. The number of amides is 1. The number of carbonyl (C=O) groups is 1. The number of nitriles is 1. The minimum absolute atomic E-state index is 0.00606. The summed E-state index contributed by atoms with van der Waals surface area (Å²) in [7, 11) is 0. The van der Waals surface area contributed by atoms with Crippen molar-refractivity contribution in [2.45, 2.75) is 57.6 Å². The predicted octanol–water partition coefficient (Wildman–Crippen LogP) is 2.96. The summed E-state index contributed by atoms with van der Waals surface area (Å²) in [6, 6.07) is 2.18. The van der Waals surface area contributed by atoms with Gasteiger partial charge in [0, 0.05) is 29.8 Å². The lowest BCUT2D eigenvalue weighted by Crippen LogP contribution is -2.41. The quantitative estimate of drug-likeness (QED) is 0.797. The average Bonchev–Trinajstić information content (AvgIpc) is 3.23. The van der Waals surface area contributed by atoms with Crippen LogP contribution >= 0.6 is 0 Å². The van der Waals surface area contributed by atoms with E-state index in [1.54, 1.807) is 12.4 Å². The van der Waals surface area contributed by atoms with E-state index in [-0.39, 0.29) is 17.6 Å². The van der Waals surface area contributed by atoms with Crippen molar-refractivity contribution < 1.29 is 9.53 Å². The van der Waals surface area contributed by atoms with Crippen molar-refractivity contribution in [3.63, 3.8) is 0 Å². The fourth-order valence-corrected chi connectivity index (χ4v) is 5.58. The van der Waals surface area contributed by atoms with Crippen LogP contribution in [0.15, 0.2) is 12.4 Å². The first kappa shape index (κ1) is 14.3. The van der Waals surface area contributed by atoms with Gasteiger partial charge in [0.15, 0.2) is 0 Å². The van der Waals surface area contributed by atoms with Gasteiger partial charge in [0.2, 0.25) is 5.91 Å². The highest BCUT2D eigenvalue weighted by atomic mass is 16.5. The molecule has 2 aliphatic carbocycles. The van der Waals surface area contributed by atoms with Crippen molar-refractivity contribution in [3.8, 4) is 11.8 Å². The molecule has 5 rings (SSSR count). The van der Waals surface area contributed by atoms with Crippen LogP contribution < -0.4 is 4.74 Å². The van der Waals surface area contributed by atoms with Crippen LogP contribution in [0.2, 0.25) is 0 Å². The van der Waals surface area contributed by atoms with E-state index < -0.39 is 0 Å². The smallest absolute Gasteiger partial charge is 0.229 e. The van der Waals surface area contributed by atoms with Crippen molar-refractivity contribution >= 4 is 5.91 Å². The molecule has 2 aliphatic heterocycles. The Labute approximate surface area is 141 Å². The summed E-state index contributed by atoms with van der Waals surface area (Å²) in [6.45, 7) is 2.97. The molecule has 5 nitrogen and oxygen atoms in total. The van der Waals surface area contributed by atoms with Crippen LogP contribution in [0.3, 0.4) is 0 Å². The van der Waals surface area contributed by atoms with Crippen molar-refractivity contribution in [2.24, 2.45) is 10.8 Å². The van der Waals surface area contributed by atoms with Gasteiger partial charge < -0.3 is 9.64 Å². The SMILES string of the molecule is CC12CCC(C(=O)N3C[C@@H]4C[C@H]3c3cncc(C#N)c3O4)(CC1)C2. The van der Waals surface area contributed by atoms with Gasteiger partial charge >= 0.3 is 0 Å². The monoisotopic (exact) mass is 323 g/mol. The molecule has 0 radical (unpaired) electrons. The number of fused-ring (bicyclic) bond motifs is 6. The molecule has 1 saturated heterocycles. The molecule has 1 amide bonds. The third kappa shape index (κ3) is 1.74. The Morgan fingerprint density at radius 1 is 1.38 bits per heavy atom. The van der Waals surface area contributed by atoms with Crippen LogP contribution in [0.1, 0.15) is 62.6 Å². The van der Waals surface area contributed by atoms with Crippen LogP contribution in [-0.2, 0) is 4.79 Å². The maximum atomic E-state index is 13.5. The van der Waals surface area contributed by atoms with Gasteiger partial charge in [-0.15, -0.1) is 0 Å². The van der Waals surface area contributed by atoms with Crippen molar-refractivity contribution in [1.82, 2.24) is 9.88 Å². The Kier molecular flexibility index (Phi) is 2.68. The molecule has 0 spiro atoms. The second-order valence-corrected chi connectivity index (χ2v) is 8.43. The van der Waals surface area contributed by atoms with Crippen LogP contribution in [-0.4, -0.2) is 28.4 Å². The van der Waals surface area contributed by atoms with Gasteiger partial charge in [-0.25, -0.2) is 0 Å². The Morgan fingerprint density at radius 3 is 2.83 bits per heavy atom. The molecule has 1 aromatic rings. The third-order valence-corrected chi connectivity index (χ3v) is 6.84. The fraction of sp³-hybridized carbons (Fsp3) is 0.632. The summed E-state index contributed by atoms with van der Waals surface area (Å²) in [5, 5.41) is 9.30. The largest absolute Gasteiger partial charge is 0.487 e. The Bertz CT molecular complexity index is 773. The predicted molar refractivity (Wildman–Crippen MR) is 86.1 cm³/mol. The summed E-state index contributed by atoms with van der Waals surface area (Å²) in [6.07, 6.45) is 9.59. The first-order valence-corrected chi connectivity index (χ1v) is 8.89. The molecule has 0 unspecified atom stereocenters. The second kappa shape index (κ2) is 4.50. The molecule has 1 aromatic heterocycles. The number of likely N-dealkylation sites (tertiary alicyclic amines) is 1. The number of nitrogens with zero attached hydrogens (tertiary/aromatic N) is 3. The maximum absolute atomic E-state index is 13.5. The topological polar surface area (TPSA) is 66.2 Å². The molecule has 24 heavy (non-hydrogen) atoms. The number of rotatable bonds is 1. The fourth-order valence-electron chi connectivity index (χ4n) is 5.58. The van der Waals surface area contributed by atoms with E-state index in [1.807, 2.05) is 4.90 Å². The van der Waals surface area contributed by atoms with Gasteiger partial charge in [-0.1, -0.05) is 6.92 Å². The summed E-state index contributed by atoms with van der Waals surface area (Å²) in [5.41, 5.74) is 1.61. The lowest BCUT2D eigenvalue weighted by atomic mass is 9.81. The molecule has 3 fully saturated rings. The van der Waals surface area contributed by atoms with Crippen LogP contribution in [0, 0.1) is 22.2 Å². The molecule has 2 atom stereocenters. The number of hydrogen-bond acceptors (Lipinski definition) is 4. The van der Waals surface area contributed by atoms with E-state index in [0.29, 0.717) is 29.2 Å². The Hall–Kier alpha value is -2.09. The van der Waals surface area contributed by atoms with Crippen LogP contribution in [0.4, 0.5) is 0 Å². The zero-order valence-corrected chi connectivity index (χ0v) is 13.9. The lowest BCUT2D eigenvalue weighted by molar-refractivity contribution is -0.142. The molecular weight excluding hydrogens is 302 g/mol. The number of carbonyl (C=O) groups excluding carboxylic acids is 1. The average molecular weight is 323 g/mol. The maximum Gasteiger partial charge on any atom is 0.229 e. The second-order valence-electron chi connectivity index (χ2n) is 8.43. The van der Waals surface area contributed by atoms with Gasteiger partial charge in [-0.05, 0) is 37.5 Å². The van der Waals surface area contributed by atoms with E-state index in [9.17, 15) is 10.1 Å². The lowest BCUT2D eigenvalue weighted by Gasteiger charge is -2.34. The summed E-state index contributed by atoms with van der Waals surface area (Å²) in [4.78, 5) is 19.7. The Balaban J connectivity index is 1.51. The normalized spacial score (nSPS) is 38.6. The van der Waals surface area contributed by atoms with E-state index in [1.165, 1.54) is 12.8 Å². The molecule has 124 valence electrons. The number of ether oxygens (including phenoxy) is 1. The molecule has 2 saturated carbocycles. The van der Waals surface area contributed by atoms with Gasteiger partial charge in [0.25, 0.3) is 0 Å². The van der Waals surface area contributed by atoms with E-state index in [0.717, 1.165) is 31.2 Å². The highest BCUT2D eigenvalue weighted by Crippen LogP contribution is 2.62. The standard InChI is InChI=1S/C19H21N3O2/c1-18-2-4-19(11-18,5-3-18)17(23)22-10-13-6-15(22)14-9-21-8-12(7-20)16(14)24-13/h8-9,13,15H,2-6,10-11H2,1H3/t13-,15-,18?,19?/m0/s1. The van der Waals surface area contributed by atoms with Gasteiger partial charge in [-0.2, -0.15) is 5.26 Å². The zero-order valence-electron chi connectivity index (χ0n) is 13.9. The summed E-state index contributed by atoms with van der Waals surface area (Å²) >= 11 is 0. The van der Waals surface area contributed by atoms with Crippen molar-refractivity contribution in [1.29, 1.82) is 5.26 Å². The number of hydrogen-bond donors (Lipinski definition) is 0. The van der Waals surface area contributed by atoms with E-state index in [4.69, 9.17) is 4.74 Å². The highest BCUT2D eigenvalue weighted by Gasteiger charge is 2.58. The third-order valence-electron chi connectivity index (χ3n) is 6.84. The molecule has 0 aromatic carbocycles.